The molecule has 7 nitrogen and oxygen atoms in total. The molecule has 1 aromatic heterocycles. The van der Waals surface area contributed by atoms with Crippen molar-refractivity contribution in [2.45, 2.75) is 19.5 Å². The second-order valence-electron chi connectivity index (χ2n) is 8.14. The summed E-state index contributed by atoms with van der Waals surface area (Å²) in [7, 11) is 4.78. The zero-order valence-electron chi connectivity index (χ0n) is 20.2. The van der Waals surface area contributed by atoms with E-state index in [-0.39, 0.29) is 0 Å². The van der Waals surface area contributed by atoms with Gasteiger partial charge in [0.15, 0.2) is 11.5 Å². The van der Waals surface area contributed by atoms with Gasteiger partial charge in [-0.2, -0.15) is 0 Å². The summed E-state index contributed by atoms with van der Waals surface area (Å²) >= 11 is 0. The molecule has 0 bridgehead atoms. The van der Waals surface area contributed by atoms with Crippen LogP contribution in [0.3, 0.4) is 0 Å². The van der Waals surface area contributed by atoms with Crippen LogP contribution in [0, 0.1) is 0 Å². The molecule has 0 unspecified atom stereocenters. The first kappa shape index (κ1) is 24.2. The molecule has 7 heteroatoms. The number of fused-ring (bicyclic) bond motifs is 1. The quantitative estimate of drug-likeness (QED) is 0.306. The van der Waals surface area contributed by atoms with E-state index in [4.69, 9.17) is 14.2 Å². The average molecular weight is 475 g/mol. The molecule has 0 saturated carbocycles. The van der Waals surface area contributed by atoms with E-state index in [0.29, 0.717) is 49.0 Å². The highest BCUT2D eigenvalue weighted by atomic mass is 16.5. The fourth-order valence-electron chi connectivity index (χ4n) is 4.53. The lowest BCUT2D eigenvalue weighted by Crippen LogP contribution is -2.20. The third kappa shape index (κ3) is 4.95. The molecule has 1 heterocycles. The van der Waals surface area contributed by atoms with E-state index in [1.165, 1.54) is 0 Å². The highest BCUT2D eigenvalue weighted by Gasteiger charge is 2.22. The van der Waals surface area contributed by atoms with Crippen molar-refractivity contribution < 1.29 is 24.1 Å². The number of nitrogens with zero attached hydrogens (tertiary/aromatic N) is 1. The molecule has 0 radical (unpaired) electrons. The topological polar surface area (TPSA) is 82.0 Å². The van der Waals surface area contributed by atoms with Crippen LogP contribution in [0.1, 0.15) is 27.2 Å². The van der Waals surface area contributed by atoms with Crippen LogP contribution in [0.5, 0.6) is 17.2 Å². The number of nitrogens with one attached hydrogen (secondary N) is 1. The van der Waals surface area contributed by atoms with Gasteiger partial charge in [-0.15, -0.1) is 0 Å². The van der Waals surface area contributed by atoms with Gasteiger partial charge in [-0.05, 0) is 36.2 Å². The van der Waals surface area contributed by atoms with Gasteiger partial charge in [0.1, 0.15) is 5.69 Å². The van der Waals surface area contributed by atoms with Crippen molar-refractivity contribution >= 4 is 16.9 Å². The first-order valence-corrected chi connectivity index (χ1v) is 11.4. The minimum absolute atomic E-state index is 0.311. The van der Waals surface area contributed by atoms with Gasteiger partial charge in [-0.25, -0.2) is 4.79 Å². The fourth-order valence-corrected chi connectivity index (χ4v) is 4.53. The normalized spacial score (nSPS) is 10.9. The Kier molecular flexibility index (Phi) is 7.57. The number of carbonyl (C=O) groups is 1. The summed E-state index contributed by atoms with van der Waals surface area (Å²) in [6, 6.07) is 21.6. The molecule has 2 N–H and O–H groups in total. The Hall–Kier alpha value is -3.97. The van der Waals surface area contributed by atoms with Crippen molar-refractivity contribution in [1.29, 1.82) is 0 Å². The molecular weight excluding hydrogens is 444 g/mol. The number of methoxy groups -OCH3 is 3. The minimum Gasteiger partial charge on any atom is -0.493 e. The molecule has 182 valence electrons. The highest BCUT2D eigenvalue weighted by molar-refractivity contribution is 5.98. The smallest absolute Gasteiger partial charge is 0.352 e. The summed E-state index contributed by atoms with van der Waals surface area (Å²) in [5, 5.41) is 14.5. The number of aromatic carboxylic acids is 1. The third-order valence-electron chi connectivity index (χ3n) is 6.12. The summed E-state index contributed by atoms with van der Waals surface area (Å²) in [4.78, 5) is 12.4. The zero-order chi connectivity index (χ0) is 24.8. The Labute approximate surface area is 204 Å². The molecule has 0 aliphatic heterocycles. The van der Waals surface area contributed by atoms with Gasteiger partial charge in [0.05, 0.1) is 21.3 Å². The maximum absolute atomic E-state index is 12.4. The number of aromatic nitrogens is 1. The standard InChI is InChI=1S/C28H30N2O5/c1-33-24-14-13-20(26(34-2)27(24)35-3)15-16-29-17-22-21-11-7-8-12-23(21)30(25(22)28(31)32)18-19-9-5-4-6-10-19/h4-14,29H,15-18H2,1-3H3,(H,31,32). The van der Waals surface area contributed by atoms with Gasteiger partial charge in [-0.3, -0.25) is 0 Å². The Morgan fingerprint density at radius 1 is 0.886 bits per heavy atom. The maximum atomic E-state index is 12.4. The lowest BCUT2D eigenvalue weighted by Gasteiger charge is -2.16. The zero-order valence-corrected chi connectivity index (χ0v) is 20.2. The van der Waals surface area contributed by atoms with E-state index in [9.17, 15) is 9.90 Å². The summed E-state index contributed by atoms with van der Waals surface area (Å²) in [6.45, 7) is 1.55. The Balaban J connectivity index is 1.58. The number of carboxylic acid groups (broad SMARTS) is 1. The van der Waals surface area contributed by atoms with Crippen molar-refractivity contribution in [1.82, 2.24) is 9.88 Å². The summed E-state index contributed by atoms with van der Waals surface area (Å²) in [5.74, 6) is 0.873. The van der Waals surface area contributed by atoms with Crippen molar-refractivity contribution in [2.24, 2.45) is 0 Å². The SMILES string of the molecule is COc1ccc(CCNCc2c(C(=O)O)n(Cc3ccccc3)c3ccccc23)c(OC)c1OC. The van der Waals surface area contributed by atoms with Crippen molar-refractivity contribution in [3.8, 4) is 17.2 Å². The van der Waals surface area contributed by atoms with E-state index in [1.54, 1.807) is 21.3 Å². The van der Waals surface area contributed by atoms with E-state index < -0.39 is 5.97 Å². The fraction of sp³-hybridized carbons (Fsp3) is 0.250. The Morgan fingerprint density at radius 3 is 2.29 bits per heavy atom. The van der Waals surface area contributed by atoms with Crippen LogP contribution >= 0.6 is 0 Å². The van der Waals surface area contributed by atoms with E-state index in [0.717, 1.165) is 27.6 Å². The van der Waals surface area contributed by atoms with Crippen LogP contribution in [0.15, 0.2) is 66.7 Å². The van der Waals surface area contributed by atoms with Crippen LogP contribution in [0.2, 0.25) is 0 Å². The number of rotatable bonds is 11. The molecule has 0 atom stereocenters. The molecule has 0 aliphatic rings. The van der Waals surface area contributed by atoms with E-state index in [1.807, 2.05) is 71.3 Å². The lowest BCUT2D eigenvalue weighted by molar-refractivity contribution is 0.0684. The predicted octanol–water partition coefficient (Wildman–Crippen LogP) is 4.75. The molecule has 3 aromatic carbocycles. The van der Waals surface area contributed by atoms with Gasteiger partial charge >= 0.3 is 5.97 Å². The number of benzene rings is 3. The van der Waals surface area contributed by atoms with Gasteiger partial charge < -0.3 is 29.2 Å². The molecule has 0 spiro atoms. The van der Waals surface area contributed by atoms with Crippen molar-refractivity contribution in [3.05, 3.63) is 89.1 Å². The predicted molar refractivity (Wildman–Crippen MR) is 136 cm³/mol. The molecule has 0 amide bonds. The second-order valence-corrected chi connectivity index (χ2v) is 8.14. The molecule has 4 aromatic rings. The van der Waals surface area contributed by atoms with Crippen molar-refractivity contribution in [2.75, 3.05) is 27.9 Å². The van der Waals surface area contributed by atoms with Crippen LogP contribution in [-0.2, 0) is 19.5 Å². The Bertz CT molecular complexity index is 1310. The first-order chi connectivity index (χ1) is 17.1. The summed E-state index contributed by atoms with van der Waals surface area (Å²) < 4.78 is 18.3. The molecule has 4 rings (SSSR count). The lowest BCUT2D eigenvalue weighted by atomic mass is 10.1. The summed E-state index contributed by atoms with van der Waals surface area (Å²) in [6.07, 6.45) is 0.675. The van der Waals surface area contributed by atoms with Gasteiger partial charge in [-0.1, -0.05) is 54.6 Å². The van der Waals surface area contributed by atoms with Crippen molar-refractivity contribution in [3.63, 3.8) is 0 Å². The number of hydrogen-bond donors (Lipinski definition) is 2. The van der Waals surface area contributed by atoms with Gasteiger partial charge in [0, 0.05) is 29.6 Å². The molecule has 0 aliphatic carbocycles. The number of para-hydroxylation sites is 1. The second kappa shape index (κ2) is 11.0. The summed E-state index contributed by atoms with van der Waals surface area (Å²) in [5.41, 5.74) is 4.03. The largest absolute Gasteiger partial charge is 0.493 e. The Morgan fingerprint density at radius 2 is 1.60 bits per heavy atom. The molecule has 0 saturated heterocycles. The van der Waals surface area contributed by atoms with Crippen LogP contribution in [0.4, 0.5) is 0 Å². The van der Waals surface area contributed by atoms with Crippen LogP contribution in [-0.4, -0.2) is 43.5 Å². The highest BCUT2D eigenvalue weighted by Crippen LogP contribution is 2.39. The first-order valence-electron chi connectivity index (χ1n) is 11.4. The maximum Gasteiger partial charge on any atom is 0.352 e. The third-order valence-corrected chi connectivity index (χ3v) is 6.12. The number of ether oxygens (including phenoxy) is 3. The van der Waals surface area contributed by atoms with Gasteiger partial charge in [0.2, 0.25) is 5.75 Å². The van der Waals surface area contributed by atoms with E-state index >= 15 is 0 Å². The average Bonchev–Trinajstić information content (AvgIpc) is 3.19. The van der Waals surface area contributed by atoms with Crippen LogP contribution < -0.4 is 19.5 Å². The molecule has 0 fully saturated rings. The van der Waals surface area contributed by atoms with Crippen LogP contribution in [0.25, 0.3) is 10.9 Å². The van der Waals surface area contributed by atoms with Gasteiger partial charge in [0.25, 0.3) is 0 Å². The molecule has 35 heavy (non-hydrogen) atoms. The number of carboxylic acids is 1. The number of hydrogen-bond acceptors (Lipinski definition) is 5. The molecular formula is C28H30N2O5. The minimum atomic E-state index is -0.935. The van der Waals surface area contributed by atoms with E-state index in [2.05, 4.69) is 5.32 Å². The monoisotopic (exact) mass is 474 g/mol.